The van der Waals surface area contributed by atoms with Crippen LogP contribution in [0.25, 0.3) is 0 Å². The average molecular weight is 247 g/mol. The van der Waals surface area contributed by atoms with E-state index >= 15 is 0 Å². The van der Waals surface area contributed by atoms with Crippen molar-refractivity contribution in [3.63, 3.8) is 0 Å². The van der Waals surface area contributed by atoms with Crippen LogP contribution in [0, 0.1) is 0 Å². The van der Waals surface area contributed by atoms with Crippen molar-refractivity contribution in [2.45, 2.75) is 13.8 Å². The van der Waals surface area contributed by atoms with Crippen LogP contribution in [0.1, 0.15) is 24.2 Å². The number of carbonyl (C=O) groups excluding carboxylic acids is 1. The second-order valence-electron chi connectivity index (χ2n) is 4.67. The zero-order valence-corrected chi connectivity index (χ0v) is 11.4. The summed E-state index contributed by atoms with van der Waals surface area (Å²) in [6.45, 7) is 4.75. The van der Waals surface area contributed by atoms with Gasteiger partial charge in [-0.25, -0.2) is 0 Å². The van der Waals surface area contributed by atoms with Crippen LogP contribution < -0.4 is 11.1 Å². The monoisotopic (exact) mass is 247 g/mol. The average Bonchev–Trinajstić information content (AvgIpc) is 2.27. The summed E-state index contributed by atoms with van der Waals surface area (Å²) < 4.78 is 0. The first-order valence-electron chi connectivity index (χ1n) is 5.90. The van der Waals surface area contributed by atoms with Crippen LogP contribution in [0.15, 0.2) is 29.8 Å². The van der Waals surface area contributed by atoms with E-state index in [1.807, 2.05) is 13.8 Å². The Labute approximate surface area is 108 Å². The van der Waals surface area contributed by atoms with Gasteiger partial charge in [0.25, 0.3) is 5.91 Å². The molecule has 18 heavy (non-hydrogen) atoms. The fourth-order valence-corrected chi connectivity index (χ4v) is 1.50. The van der Waals surface area contributed by atoms with Crippen LogP contribution in [-0.2, 0) is 0 Å². The highest BCUT2D eigenvalue weighted by atomic mass is 16.2. The zero-order chi connectivity index (χ0) is 13.7. The lowest BCUT2D eigenvalue weighted by atomic mass is 10.1. The third-order valence-electron chi connectivity index (χ3n) is 2.48. The molecule has 4 nitrogen and oxygen atoms in total. The van der Waals surface area contributed by atoms with Crippen molar-refractivity contribution in [3.05, 3.63) is 35.4 Å². The molecule has 0 aliphatic carbocycles. The van der Waals surface area contributed by atoms with Gasteiger partial charge in [-0.05, 0) is 32.0 Å². The molecular formula is C14H21N3O. The van der Waals surface area contributed by atoms with E-state index in [0.717, 1.165) is 5.69 Å². The van der Waals surface area contributed by atoms with Crippen LogP contribution in [-0.4, -0.2) is 31.4 Å². The summed E-state index contributed by atoms with van der Waals surface area (Å²) in [5.74, 6) is -0.0327. The predicted octanol–water partition coefficient (Wildman–Crippen LogP) is 2.35. The van der Waals surface area contributed by atoms with Crippen molar-refractivity contribution in [3.8, 4) is 0 Å². The molecule has 1 aromatic rings. The number of nitrogens with zero attached hydrogens (tertiary/aromatic N) is 1. The lowest BCUT2D eigenvalue weighted by Gasteiger charge is -2.15. The number of amides is 1. The fourth-order valence-electron chi connectivity index (χ4n) is 1.50. The van der Waals surface area contributed by atoms with E-state index in [2.05, 4.69) is 11.4 Å². The minimum atomic E-state index is -0.0327. The fraction of sp³-hybridized carbons (Fsp3) is 0.357. The van der Waals surface area contributed by atoms with Gasteiger partial charge in [0.15, 0.2) is 0 Å². The van der Waals surface area contributed by atoms with E-state index in [0.29, 0.717) is 17.8 Å². The molecule has 0 spiro atoms. The highest BCUT2D eigenvalue weighted by Gasteiger charge is 2.12. The number of benzene rings is 1. The molecule has 0 fully saturated rings. The normalized spacial score (nSPS) is 9.78. The van der Waals surface area contributed by atoms with Gasteiger partial charge in [0.1, 0.15) is 0 Å². The third kappa shape index (κ3) is 3.80. The molecule has 0 unspecified atom stereocenters. The van der Waals surface area contributed by atoms with E-state index in [1.54, 1.807) is 37.2 Å². The molecule has 0 aliphatic rings. The zero-order valence-electron chi connectivity index (χ0n) is 11.4. The standard InChI is InChI=1S/C14H21N3O/c1-10(2)7-8-16-13-9-11(15)5-6-12(13)14(18)17(3)4/h5-7,9,16H,8,15H2,1-4H3. The second kappa shape index (κ2) is 6.10. The van der Waals surface area contributed by atoms with Crippen molar-refractivity contribution in [1.29, 1.82) is 0 Å². The number of nitrogens with two attached hydrogens (primary N) is 1. The molecule has 0 atom stereocenters. The van der Waals surface area contributed by atoms with Gasteiger partial charge in [-0.15, -0.1) is 0 Å². The summed E-state index contributed by atoms with van der Waals surface area (Å²) >= 11 is 0. The Morgan fingerprint density at radius 2 is 2.06 bits per heavy atom. The van der Waals surface area contributed by atoms with Gasteiger partial charge in [0, 0.05) is 32.0 Å². The van der Waals surface area contributed by atoms with E-state index in [4.69, 9.17) is 5.73 Å². The Morgan fingerprint density at radius 3 is 2.61 bits per heavy atom. The molecule has 0 aliphatic heterocycles. The second-order valence-corrected chi connectivity index (χ2v) is 4.67. The lowest BCUT2D eigenvalue weighted by Crippen LogP contribution is -2.23. The molecule has 0 heterocycles. The number of nitrogens with one attached hydrogen (secondary N) is 1. The van der Waals surface area contributed by atoms with Gasteiger partial charge in [-0.3, -0.25) is 4.79 Å². The summed E-state index contributed by atoms with van der Waals surface area (Å²) in [6.07, 6.45) is 2.06. The minimum absolute atomic E-state index is 0.0327. The number of allylic oxidation sites excluding steroid dienone is 1. The minimum Gasteiger partial charge on any atom is -0.399 e. The predicted molar refractivity (Wildman–Crippen MR) is 76.8 cm³/mol. The molecular weight excluding hydrogens is 226 g/mol. The van der Waals surface area contributed by atoms with Crippen LogP contribution in [0.4, 0.5) is 11.4 Å². The summed E-state index contributed by atoms with van der Waals surface area (Å²) in [5.41, 5.74) is 9.03. The first-order chi connectivity index (χ1) is 8.41. The maximum absolute atomic E-state index is 12.0. The van der Waals surface area contributed by atoms with Gasteiger partial charge in [-0.2, -0.15) is 0 Å². The summed E-state index contributed by atoms with van der Waals surface area (Å²) in [7, 11) is 3.47. The largest absolute Gasteiger partial charge is 0.399 e. The van der Waals surface area contributed by atoms with Crippen LogP contribution >= 0.6 is 0 Å². The van der Waals surface area contributed by atoms with Crippen molar-refractivity contribution < 1.29 is 4.79 Å². The van der Waals surface area contributed by atoms with Crippen LogP contribution in [0.3, 0.4) is 0 Å². The molecule has 1 aromatic carbocycles. The smallest absolute Gasteiger partial charge is 0.255 e. The summed E-state index contributed by atoms with van der Waals surface area (Å²) in [6, 6.07) is 5.28. The highest BCUT2D eigenvalue weighted by molar-refractivity contribution is 6.00. The Kier molecular flexibility index (Phi) is 4.77. The summed E-state index contributed by atoms with van der Waals surface area (Å²) in [4.78, 5) is 13.6. The number of anilines is 2. The van der Waals surface area contributed by atoms with Crippen molar-refractivity contribution in [1.82, 2.24) is 4.90 Å². The first-order valence-corrected chi connectivity index (χ1v) is 5.90. The number of hydrogen-bond acceptors (Lipinski definition) is 3. The quantitative estimate of drug-likeness (QED) is 0.634. The molecule has 0 saturated carbocycles. The maximum atomic E-state index is 12.0. The van der Waals surface area contributed by atoms with Crippen LogP contribution in [0.5, 0.6) is 0 Å². The number of hydrogen-bond donors (Lipinski definition) is 2. The molecule has 0 bridgehead atoms. The molecule has 98 valence electrons. The van der Waals surface area contributed by atoms with Gasteiger partial charge in [-0.1, -0.05) is 11.6 Å². The molecule has 0 aromatic heterocycles. The molecule has 4 heteroatoms. The summed E-state index contributed by atoms with van der Waals surface area (Å²) in [5, 5.41) is 3.22. The Balaban J connectivity index is 2.97. The Hall–Kier alpha value is -1.97. The highest BCUT2D eigenvalue weighted by Crippen LogP contribution is 2.20. The van der Waals surface area contributed by atoms with E-state index in [-0.39, 0.29) is 5.91 Å². The number of nitrogen functional groups attached to an aromatic ring is 1. The van der Waals surface area contributed by atoms with E-state index < -0.39 is 0 Å². The number of rotatable bonds is 4. The van der Waals surface area contributed by atoms with Gasteiger partial charge in [0.05, 0.1) is 5.56 Å². The van der Waals surface area contributed by atoms with Gasteiger partial charge < -0.3 is 16.0 Å². The van der Waals surface area contributed by atoms with Crippen LogP contribution in [0.2, 0.25) is 0 Å². The van der Waals surface area contributed by atoms with E-state index in [9.17, 15) is 4.79 Å². The molecule has 1 rings (SSSR count). The molecule has 3 N–H and O–H groups in total. The Morgan fingerprint density at radius 1 is 1.39 bits per heavy atom. The van der Waals surface area contributed by atoms with Crippen molar-refractivity contribution in [2.75, 3.05) is 31.7 Å². The van der Waals surface area contributed by atoms with Crippen molar-refractivity contribution in [2.24, 2.45) is 0 Å². The third-order valence-corrected chi connectivity index (χ3v) is 2.48. The van der Waals surface area contributed by atoms with Gasteiger partial charge in [0.2, 0.25) is 0 Å². The first kappa shape index (κ1) is 14.1. The lowest BCUT2D eigenvalue weighted by molar-refractivity contribution is 0.0828. The van der Waals surface area contributed by atoms with Gasteiger partial charge >= 0.3 is 0 Å². The topological polar surface area (TPSA) is 58.4 Å². The molecule has 0 saturated heterocycles. The molecule has 0 radical (unpaired) electrons. The SMILES string of the molecule is CC(C)=CCNc1cc(N)ccc1C(=O)N(C)C. The molecule has 1 amide bonds. The maximum Gasteiger partial charge on any atom is 0.255 e. The van der Waals surface area contributed by atoms with Crippen molar-refractivity contribution >= 4 is 17.3 Å². The Bertz CT molecular complexity index is 460. The van der Waals surface area contributed by atoms with E-state index in [1.165, 1.54) is 5.57 Å². The number of carbonyl (C=O) groups is 1.